The van der Waals surface area contributed by atoms with Gasteiger partial charge in [-0.2, -0.15) is 13.2 Å². The van der Waals surface area contributed by atoms with Crippen LogP contribution in [-0.4, -0.2) is 23.9 Å². The first-order chi connectivity index (χ1) is 8.20. The van der Waals surface area contributed by atoms with E-state index < -0.39 is 25.2 Å². The van der Waals surface area contributed by atoms with Gasteiger partial charge < -0.3 is 9.84 Å². The minimum absolute atomic E-state index is 0.0325. The predicted octanol–water partition coefficient (Wildman–Crippen LogP) is 3.79. The number of aromatic carboxylic acids is 1. The summed E-state index contributed by atoms with van der Waals surface area (Å²) in [7, 11) is 0. The maximum absolute atomic E-state index is 12.0. The SMILES string of the molecule is Cc1cc(Br)cc(C(=O)O)c1OCCC(F)(F)F. The molecule has 1 rings (SSSR count). The smallest absolute Gasteiger partial charge is 0.392 e. The molecule has 0 unspecified atom stereocenters. The van der Waals surface area contributed by atoms with E-state index in [-0.39, 0.29) is 11.3 Å². The van der Waals surface area contributed by atoms with Gasteiger partial charge in [-0.15, -0.1) is 0 Å². The summed E-state index contributed by atoms with van der Waals surface area (Å²) in [6, 6.07) is 2.87. The topological polar surface area (TPSA) is 46.5 Å². The quantitative estimate of drug-likeness (QED) is 0.915. The number of aryl methyl sites for hydroxylation is 1. The Balaban J connectivity index is 2.91. The predicted molar refractivity (Wildman–Crippen MR) is 62.0 cm³/mol. The number of rotatable bonds is 4. The van der Waals surface area contributed by atoms with Crippen molar-refractivity contribution in [1.29, 1.82) is 0 Å². The summed E-state index contributed by atoms with van der Waals surface area (Å²) in [6.07, 6.45) is -5.45. The summed E-state index contributed by atoms with van der Waals surface area (Å²) in [5.74, 6) is -1.28. The summed E-state index contributed by atoms with van der Waals surface area (Å²) in [6.45, 7) is 0.965. The Labute approximate surface area is 110 Å². The van der Waals surface area contributed by atoms with Gasteiger partial charge in [-0.1, -0.05) is 15.9 Å². The van der Waals surface area contributed by atoms with Gasteiger partial charge in [0.15, 0.2) is 0 Å². The fraction of sp³-hybridized carbons (Fsp3) is 0.364. The molecule has 3 nitrogen and oxygen atoms in total. The second kappa shape index (κ2) is 5.60. The van der Waals surface area contributed by atoms with E-state index >= 15 is 0 Å². The van der Waals surface area contributed by atoms with Gasteiger partial charge in [0.25, 0.3) is 0 Å². The number of halogens is 4. The third-order valence-electron chi connectivity index (χ3n) is 2.10. The lowest BCUT2D eigenvalue weighted by Gasteiger charge is -2.13. The van der Waals surface area contributed by atoms with Gasteiger partial charge >= 0.3 is 12.1 Å². The third kappa shape index (κ3) is 4.21. The van der Waals surface area contributed by atoms with Crippen LogP contribution < -0.4 is 4.74 Å². The average molecular weight is 327 g/mol. The van der Waals surface area contributed by atoms with Crippen molar-refractivity contribution in [3.63, 3.8) is 0 Å². The van der Waals surface area contributed by atoms with E-state index in [0.29, 0.717) is 10.0 Å². The van der Waals surface area contributed by atoms with Crippen LogP contribution in [0.2, 0.25) is 0 Å². The highest BCUT2D eigenvalue weighted by Gasteiger charge is 2.27. The largest absolute Gasteiger partial charge is 0.492 e. The molecule has 1 aromatic carbocycles. The van der Waals surface area contributed by atoms with Crippen molar-refractivity contribution in [2.75, 3.05) is 6.61 Å². The summed E-state index contributed by atoms with van der Waals surface area (Å²) in [5, 5.41) is 8.95. The van der Waals surface area contributed by atoms with Crippen LogP contribution in [0.5, 0.6) is 5.75 Å². The molecule has 0 aliphatic rings. The Bertz CT molecular complexity index is 458. The highest BCUT2D eigenvalue weighted by atomic mass is 79.9. The van der Waals surface area contributed by atoms with Gasteiger partial charge in [0.2, 0.25) is 0 Å². The van der Waals surface area contributed by atoms with Gasteiger partial charge in [0.1, 0.15) is 11.3 Å². The summed E-state index contributed by atoms with van der Waals surface area (Å²) >= 11 is 3.12. The zero-order chi connectivity index (χ0) is 13.9. The number of carbonyl (C=O) groups is 1. The van der Waals surface area contributed by atoms with Gasteiger partial charge in [-0.25, -0.2) is 4.79 Å². The molecule has 0 heterocycles. The number of carboxylic acids is 1. The van der Waals surface area contributed by atoms with Gasteiger partial charge in [-0.3, -0.25) is 0 Å². The first-order valence-corrected chi connectivity index (χ1v) is 5.73. The fourth-order valence-electron chi connectivity index (χ4n) is 1.35. The monoisotopic (exact) mass is 326 g/mol. The second-order valence-electron chi connectivity index (χ2n) is 3.62. The average Bonchev–Trinajstić information content (AvgIpc) is 2.18. The highest BCUT2D eigenvalue weighted by molar-refractivity contribution is 9.10. The normalized spacial score (nSPS) is 11.4. The van der Waals surface area contributed by atoms with Crippen molar-refractivity contribution < 1.29 is 27.8 Å². The van der Waals surface area contributed by atoms with Crippen LogP contribution >= 0.6 is 15.9 Å². The fourth-order valence-corrected chi connectivity index (χ4v) is 1.92. The van der Waals surface area contributed by atoms with Crippen LogP contribution in [-0.2, 0) is 0 Å². The molecule has 0 atom stereocenters. The molecule has 0 aliphatic carbocycles. The molecule has 0 aliphatic heterocycles. The van der Waals surface area contributed by atoms with E-state index in [0.717, 1.165) is 0 Å². The molecular weight excluding hydrogens is 317 g/mol. The maximum atomic E-state index is 12.0. The molecule has 0 saturated carbocycles. The Kier molecular flexibility index (Phi) is 4.61. The Hall–Kier alpha value is -1.24. The molecule has 1 aromatic rings. The summed E-state index contributed by atoms with van der Waals surface area (Å²) < 4.78 is 41.4. The van der Waals surface area contributed by atoms with Crippen molar-refractivity contribution in [2.45, 2.75) is 19.5 Å². The summed E-state index contributed by atoms with van der Waals surface area (Å²) in [5.41, 5.74) is 0.299. The zero-order valence-electron chi connectivity index (χ0n) is 9.34. The van der Waals surface area contributed by atoms with Crippen molar-refractivity contribution in [3.05, 3.63) is 27.7 Å². The van der Waals surface area contributed by atoms with Crippen molar-refractivity contribution in [2.24, 2.45) is 0 Å². The third-order valence-corrected chi connectivity index (χ3v) is 2.56. The van der Waals surface area contributed by atoms with Gasteiger partial charge in [0, 0.05) is 4.47 Å². The number of hydrogen-bond acceptors (Lipinski definition) is 2. The van der Waals surface area contributed by atoms with Crippen LogP contribution in [0.3, 0.4) is 0 Å². The van der Waals surface area contributed by atoms with Gasteiger partial charge in [0.05, 0.1) is 13.0 Å². The molecular formula is C11H10BrF3O3. The van der Waals surface area contributed by atoms with Crippen LogP contribution in [0.15, 0.2) is 16.6 Å². The lowest BCUT2D eigenvalue weighted by atomic mass is 10.1. The molecule has 0 radical (unpaired) electrons. The lowest BCUT2D eigenvalue weighted by Crippen LogP contribution is -2.14. The number of benzene rings is 1. The highest BCUT2D eigenvalue weighted by Crippen LogP contribution is 2.29. The van der Waals surface area contributed by atoms with E-state index in [1.54, 1.807) is 13.0 Å². The number of ether oxygens (including phenoxy) is 1. The number of carboxylic acid groups (broad SMARTS) is 1. The molecule has 0 fully saturated rings. The van der Waals surface area contributed by atoms with Crippen LogP contribution in [0.25, 0.3) is 0 Å². The summed E-state index contributed by atoms with van der Waals surface area (Å²) in [4.78, 5) is 11.0. The molecule has 18 heavy (non-hydrogen) atoms. The molecule has 0 aromatic heterocycles. The molecule has 0 bridgehead atoms. The molecule has 0 amide bonds. The lowest BCUT2D eigenvalue weighted by molar-refractivity contribution is -0.139. The van der Waals surface area contributed by atoms with E-state index in [2.05, 4.69) is 15.9 Å². The number of hydrogen-bond donors (Lipinski definition) is 1. The Morgan fingerprint density at radius 2 is 2.06 bits per heavy atom. The minimum Gasteiger partial charge on any atom is -0.492 e. The van der Waals surface area contributed by atoms with Crippen LogP contribution in [0.4, 0.5) is 13.2 Å². The zero-order valence-corrected chi connectivity index (χ0v) is 10.9. The van der Waals surface area contributed by atoms with Crippen molar-refractivity contribution in [1.82, 2.24) is 0 Å². The first kappa shape index (κ1) is 14.8. The van der Waals surface area contributed by atoms with Crippen LogP contribution in [0, 0.1) is 6.92 Å². The van der Waals surface area contributed by atoms with Crippen molar-refractivity contribution >= 4 is 21.9 Å². The van der Waals surface area contributed by atoms with E-state index in [1.807, 2.05) is 0 Å². The second-order valence-corrected chi connectivity index (χ2v) is 4.53. The maximum Gasteiger partial charge on any atom is 0.392 e. The molecule has 0 saturated heterocycles. The molecule has 100 valence electrons. The molecule has 7 heteroatoms. The Morgan fingerprint density at radius 1 is 1.44 bits per heavy atom. The Morgan fingerprint density at radius 3 is 2.56 bits per heavy atom. The molecule has 1 N–H and O–H groups in total. The van der Waals surface area contributed by atoms with Gasteiger partial charge in [-0.05, 0) is 24.6 Å². The van der Waals surface area contributed by atoms with E-state index in [4.69, 9.17) is 9.84 Å². The number of alkyl halides is 3. The van der Waals surface area contributed by atoms with E-state index in [9.17, 15) is 18.0 Å². The molecule has 0 spiro atoms. The standard InChI is InChI=1S/C11H10BrF3O3/c1-6-4-7(12)5-8(10(16)17)9(6)18-3-2-11(13,14)15/h4-5H,2-3H2,1H3,(H,16,17). The minimum atomic E-state index is -4.33. The van der Waals surface area contributed by atoms with E-state index in [1.165, 1.54) is 6.07 Å². The first-order valence-electron chi connectivity index (χ1n) is 4.93. The van der Waals surface area contributed by atoms with Crippen molar-refractivity contribution in [3.8, 4) is 5.75 Å². The van der Waals surface area contributed by atoms with Crippen LogP contribution in [0.1, 0.15) is 22.3 Å².